The van der Waals surface area contributed by atoms with Gasteiger partial charge in [0.2, 0.25) is 5.91 Å². The second kappa shape index (κ2) is 11.4. The van der Waals surface area contributed by atoms with E-state index in [-0.39, 0.29) is 28.6 Å². The summed E-state index contributed by atoms with van der Waals surface area (Å²) in [6.07, 6.45) is 6.62. The Morgan fingerprint density at radius 2 is 1.87 bits per heavy atom. The molecule has 0 aliphatic carbocycles. The Bertz CT molecular complexity index is 1390. The molecule has 0 spiro atoms. The van der Waals surface area contributed by atoms with Crippen LogP contribution in [-0.2, 0) is 16.0 Å². The number of fused-ring (bicyclic) bond motifs is 1. The number of nitrogens with one attached hydrogen (secondary N) is 1. The number of amides is 2. The Kier molecular flexibility index (Phi) is 7.78. The minimum Gasteiger partial charge on any atom is -0.486 e. The summed E-state index contributed by atoms with van der Waals surface area (Å²) in [6.45, 7) is 2.34. The molecule has 2 aromatic heterocycles. The van der Waals surface area contributed by atoms with Gasteiger partial charge in [0, 0.05) is 49.1 Å². The van der Waals surface area contributed by atoms with E-state index in [9.17, 15) is 9.59 Å². The lowest BCUT2D eigenvalue weighted by molar-refractivity contribution is -0.116. The number of hydrogen-bond donors (Lipinski definition) is 2. The molecule has 38 heavy (non-hydrogen) atoms. The van der Waals surface area contributed by atoms with Crippen LogP contribution >= 0.6 is 23.2 Å². The second-order valence-corrected chi connectivity index (χ2v) is 9.76. The topological polar surface area (TPSA) is 120 Å². The smallest absolute Gasteiger partial charge is 0.274 e. The Labute approximate surface area is 229 Å². The molecule has 2 aliphatic heterocycles. The number of nitrogens with zero attached hydrogens (tertiary/aromatic N) is 3. The van der Waals surface area contributed by atoms with Crippen LogP contribution < -0.4 is 15.8 Å². The highest BCUT2D eigenvalue weighted by Gasteiger charge is 2.27. The third-order valence-corrected chi connectivity index (χ3v) is 6.84. The van der Waals surface area contributed by atoms with Crippen molar-refractivity contribution in [1.29, 1.82) is 0 Å². The normalized spacial score (nSPS) is 16.8. The van der Waals surface area contributed by atoms with Gasteiger partial charge in [0.1, 0.15) is 23.4 Å². The first-order valence-corrected chi connectivity index (χ1v) is 12.8. The maximum absolute atomic E-state index is 12.8. The SMILES string of the molecule is Nc1ccc(/C=C/C(=O)NCC2Cc3cc(-c4cnc(C(=O)N5CCOCC5)c(Cl)c4)cc(Cl)c3O2)cn1. The predicted molar refractivity (Wildman–Crippen MR) is 145 cm³/mol. The van der Waals surface area contributed by atoms with Crippen LogP contribution in [0, 0.1) is 0 Å². The predicted octanol–water partition coefficient (Wildman–Crippen LogP) is 3.64. The van der Waals surface area contributed by atoms with Gasteiger partial charge in [-0.1, -0.05) is 23.2 Å². The highest BCUT2D eigenvalue weighted by molar-refractivity contribution is 6.34. The standard InChI is InChI=1S/C27H25Cl2N5O4/c28-21-12-19(14-33-25(21)27(36)34-5-7-37-8-6-34)17-9-18-10-20(38-26(18)22(29)11-17)15-32-24(35)4-2-16-1-3-23(30)31-13-16/h1-4,9,11-14,20H,5-8,10,15H2,(H2,30,31)(H,32,35)/b4-2+. The van der Waals surface area contributed by atoms with Gasteiger partial charge in [-0.25, -0.2) is 9.97 Å². The number of anilines is 1. The van der Waals surface area contributed by atoms with Crippen molar-refractivity contribution in [1.82, 2.24) is 20.2 Å². The molecule has 0 bridgehead atoms. The number of morpholine rings is 1. The number of hydrogen-bond acceptors (Lipinski definition) is 7. The molecular weight excluding hydrogens is 529 g/mol. The van der Waals surface area contributed by atoms with Crippen LogP contribution in [0.3, 0.4) is 0 Å². The van der Waals surface area contributed by atoms with Crippen molar-refractivity contribution in [3.63, 3.8) is 0 Å². The van der Waals surface area contributed by atoms with Crippen molar-refractivity contribution in [2.45, 2.75) is 12.5 Å². The number of ether oxygens (including phenoxy) is 2. The molecule has 3 N–H and O–H groups in total. The molecule has 0 radical (unpaired) electrons. The molecule has 9 nitrogen and oxygen atoms in total. The van der Waals surface area contributed by atoms with E-state index < -0.39 is 0 Å². The van der Waals surface area contributed by atoms with Gasteiger partial charge >= 0.3 is 0 Å². The minimum atomic E-state index is -0.261. The van der Waals surface area contributed by atoms with Crippen LogP contribution in [-0.4, -0.2) is 65.6 Å². The molecule has 1 unspecified atom stereocenters. The first-order chi connectivity index (χ1) is 18.4. The molecule has 1 aromatic carbocycles. The molecule has 11 heteroatoms. The molecule has 0 saturated carbocycles. The van der Waals surface area contributed by atoms with Crippen molar-refractivity contribution in [3.05, 3.63) is 75.7 Å². The zero-order valence-electron chi connectivity index (χ0n) is 20.3. The fourth-order valence-corrected chi connectivity index (χ4v) is 4.83. The van der Waals surface area contributed by atoms with E-state index in [2.05, 4.69) is 15.3 Å². The summed E-state index contributed by atoms with van der Waals surface area (Å²) in [6, 6.07) is 8.91. The molecule has 3 aromatic rings. The largest absolute Gasteiger partial charge is 0.486 e. The number of aromatic nitrogens is 2. The van der Waals surface area contributed by atoms with Gasteiger partial charge in [0.05, 0.1) is 29.8 Å². The van der Waals surface area contributed by atoms with E-state index in [0.29, 0.717) is 55.9 Å². The molecule has 1 fully saturated rings. The number of carbonyl (C=O) groups excluding carboxylic acids is 2. The quantitative estimate of drug-likeness (QED) is 0.447. The molecule has 2 amide bonds. The summed E-state index contributed by atoms with van der Waals surface area (Å²) in [5.74, 6) is 0.550. The summed E-state index contributed by atoms with van der Waals surface area (Å²) in [5, 5.41) is 3.57. The summed E-state index contributed by atoms with van der Waals surface area (Å²) in [5.41, 5.74) is 9.01. The summed E-state index contributed by atoms with van der Waals surface area (Å²) in [7, 11) is 0. The van der Waals surface area contributed by atoms with Crippen LogP contribution in [0.2, 0.25) is 10.0 Å². The molecule has 4 heterocycles. The number of benzene rings is 1. The van der Waals surface area contributed by atoms with Gasteiger partial charge in [-0.05, 0) is 47.5 Å². The Balaban J connectivity index is 1.22. The number of nitrogen functional groups attached to an aromatic ring is 1. The summed E-state index contributed by atoms with van der Waals surface area (Å²) in [4.78, 5) is 35.1. The van der Waals surface area contributed by atoms with Crippen LogP contribution in [0.4, 0.5) is 5.82 Å². The zero-order chi connectivity index (χ0) is 26.6. The molecule has 1 atom stereocenters. The van der Waals surface area contributed by atoms with E-state index >= 15 is 0 Å². The van der Waals surface area contributed by atoms with E-state index in [1.165, 1.54) is 6.08 Å². The van der Waals surface area contributed by atoms with Gasteiger partial charge in [-0.3, -0.25) is 9.59 Å². The van der Waals surface area contributed by atoms with Crippen molar-refractivity contribution in [3.8, 4) is 16.9 Å². The first kappa shape index (κ1) is 26.0. The van der Waals surface area contributed by atoms with E-state index in [0.717, 1.165) is 22.3 Å². The Morgan fingerprint density at radius 1 is 1.08 bits per heavy atom. The number of halogens is 2. The highest BCUT2D eigenvalue weighted by atomic mass is 35.5. The minimum absolute atomic E-state index is 0.213. The molecule has 196 valence electrons. The third-order valence-electron chi connectivity index (χ3n) is 6.27. The van der Waals surface area contributed by atoms with Gasteiger partial charge in [0.25, 0.3) is 5.91 Å². The summed E-state index contributed by atoms with van der Waals surface area (Å²) < 4.78 is 11.3. The lowest BCUT2D eigenvalue weighted by Gasteiger charge is -2.26. The van der Waals surface area contributed by atoms with Gasteiger partial charge < -0.3 is 25.4 Å². The van der Waals surface area contributed by atoms with Crippen molar-refractivity contribution in [2.24, 2.45) is 0 Å². The third kappa shape index (κ3) is 5.91. The van der Waals surface area contributed by atoms with Gasteiger partial charge in [-0.2, -0.15) is 0 Å². The lowest BCUT2D eigenvalue weighted by Crippen LogP contribution is -2.41. The first-order valence-electron chi connectivity index (χ1n) is 12.1. The van der Waals surface area contributed by atoms with Crippen LogP contribution in [0.1, 0.15) is 21.6 Å². The van der Waals surface area contributed by atoms with E-state index in [1.807, 2.05) is 6.07 Å². The number of pyridine rings is 2. The second-order valence-electron chi connectivity index (χ2n) is 8.94. The lowest BCUT2D eigenvalue weighted by atomic mass is 10.0. The average Bonchev–Trinajstić information content (AvgIpc) is 3.35. The maximum Gasteiger partial charge on any atom is 0.274 e. The molecular formula is C27H25Cl2N5O4. The van der Waals surface area contributed by atoms with Crippen molar-refractivity contribution < 1.29 is 19.1 Å². The fourth-order valence-electron chi connectivity index (χ4n) is 4.30. The number of carbonyl (C=O) groups is 2. The van der Waals surface area contributed by atoms with Gasteiger partial charge in [0.15, 0.2) is 0 Å². The zero-order valence-corrected chi connectivity index (χ0v) is 21.8. The number of nitrogens with two attached hydrogens (primary N) is 1. The van der Waals surface area contributed by atoms with Gasteiger partial charge in [-0.15, -0.1) is 0 Å². The Hall–Kier alpha value is -3.66. The monoisotopic (exact) mass is 553 g/mol. The van der Waals surface area contributed by atoms with Crippen LogP contribution in [0.15, 0.2) is 48.8 Å². The Morgan fingerprint density at radius 3 is 2.61 bits per heavy atom. The highest BCUT2D eigenvalue weighted by Crippen LogP contribution is 2.40. The summed E-state index contributed by atoms with van der Waals surface area (Å²) >= 11 is 13.0. The molecule has 5 rings (SSSR count). The maximum atomic E-state index is 12.8. The van der Waals surface area contributed by atoms with E-state index in [1.54, 1.807) is 47.6 Å². The van der Waals surface area contributed by atoms with Crippen molar-refractivity contribution in [2.75, 3.05) is 38.6 Å². The van der Waals surface area contributed by atoms with Crippen LogP contribution in [0.25, 0.3) is 17.2 Å². The van der Waals surface area contributed by atoms with Crippen molar-refractivity contribution >= 4 is 46.9 Å². The van der Waals surface area contributed by atoms with Crippen LogP contribution in [0.5, 0.6) is 5.75 Å². The molecule has 2 aliphatic rings. The van der Waals surface area contributed by atoms with E-state index in [4.69, 9.17) is 38.4 Å². The molecule has 1 saturated heterocycles. The average molecular weight is 554 g/mol. The number of rotatable bonds is 6. The fraction of sp³-hybridized carbons (Fsp3) is 0.259.